The minimum Gasteiger partial charge on any atom is -0.455 e. The van der Waals surface area contributed by atoms with Crippen LogP contribution in [0.1, 0.15) is 0 Å². The zero-order valence-corrected chi connectivity index (χ0v) is 25.5. The summed E-state index contributed by atoms with van der Waals surface area (Å²) in [6.07, 6.45) is 1.79. The smallest absolute Gasteiger partial charge is 0.164 e. The number of para-hydroxylation sites is 2. The Kier molecular flexibility index (Phi) is 5.77. The van der Waals surface area contributed by atoms with E-state index in [1.165, 1.54) is 0 Å². The molecule has 0 amide bonds. The first-order valence-corrected chi connectivity index (χ1v) is 15.8. The Labute approximate surface area is 274 Å². The number of fused-ring (bicyclic) bond motifs is 7. The van der Waals surface area contributed by atoms with Crippen molar-refractivity contribution in [2.24, 2.45) is 0 Å². The van der Waals surface area contributed by atoms with Gasteiger partial charge >= 0.3 is 0 Å². The summed E-state index contributed by atoms with van der Waals surface area (Å²) in [5.74, 6) is 1.70. The fourth-order valence-electron chi connectivity index (χ4n) is 6.70. The molecule has 4 aromatic heterocycles. The summed E-state index contributed by atoms with van der Waals surface area (Å²) < 4.78 is 12.9. The molecule has 224 valence electrons. The summed E-state index contributed by atoms with van der Waals surface area (Å²) in [4.78, 5) is 20.0. The van der Waals surface area contributed by atoms with Gasteiger partial charge in [0.15, 0.2) is 23.1 Å². The van der Waals surface area contributed by atoms with Crippen LogP contribution in [-0.2, 0) is 0 Å². The van der Waals surface area contributed by atoms with Crippen LogP contribution in [0.15, 0.2) is 155 Å². The van der Waals surface area contributed by atoms with E-state index in [1.54, 1.807) is 6.20 Å². The van der Waals surface area contributed by atoms with E-state index in [9.17, 15) is 0 Å². The van der Waals surface area contributed by atoms with Gasteiger partial charge in [-0.2, -0.15) is 0 Å². The van der Waals surface area contributed by atoms with Crippen LogP contribution in [0.5, 0.6) is 0 Å². The molecular formula is C42H24N4O2. The molecule has 10 aromatic rings. The lowest BCUT2D eigenvalue weighted by Crippen LogP contribution is -2.01. The Bertz CT molecular complexity index is 2850. The van der Waals surface area contributed by atoms with Crippen molar-refractivity contribution >= 4 is 54.8 Å². The molecule has 10 rings (SSSR count). The largest absolute Gasteiger partial charge is 0.455 e. The van der Waals surface area contributed by atoms with Crippen LogP contribution in [0.3, 0.4) is 0 Å². The van der Waals surface area contributed by atoms with Crippen molar-refractivity contribution in [3.05, 3.63) is 146 Å². The quantitative estimate of drug-likeness (QED) is 0.196. The Morgan fingerprint density at radius 1 is 0.417 bits per heavy atom. The van der Waals surface area contributed by atoms with E-state index in [2.05, 4.69) is 66.7 Å². The van der Waals surface area contributed by atoms with Gasteiger partial charge in [-0.05, 0) is 52.7 Å². The predicted octanol–water partition coefficient (Wildman–Crippen LogP) is 10.9. The molecule has 0 N–H and O–H groups in total. The number of aromatic nitrogens is 4. The van der Waals surface area contributed by atoms with Gasteiger partial charge in [0.25, 0.3) is 0 Å². The fraction of sp³-hybridized carbons (Fsp3) is 0. The SMILES string of the molecule is c1ccc(-c2nc(-c3ccc4ccccc4c3)nc(-c3cc(-c4cccc5c4oc4ccccc45)cc4oc5cccnc5c34)n2)cc1. The predicted molar refractivity (Wildman–Crippen MR) is 191 cm³/mol. The fourth-order valence-corrected chi connectivity index (χ4v) is 6.70. The summed E-state index contributed by atoms with van der Waals surface area (Å²) in [7, 11) is 0. The van der Waals surface area contributed by atoms with E-state index < -0.39 is 0 Å². The maximum atomic E-state index is 6.46. The van der Waals surface area contributed by atoms with Gasteiger partial charge < -0.3 is 8.83 Å². The summed E-state index contributed by atoms with van der Waals surface area (Å²) in [5.41, 5.74) is 8.29. The van der Waals surface area contributed by atoms with Gasteiger partial charge in [-0.25, -0.2) is 15.0 Å². The zero-order chi connectivity index (χ0) is 31.6. The van der Waals surface area contributed by atoms with Gasteiger partial charge in [-0.3, -0.25) is 4.98 Å². The molecule has 0 radical (unpaired) electrons. The summed E-state index contributed by atoms with van der Waals surface area (Å²) in [6.45, 7) is 0. The van der Waals surface area contributed by atoms with E-state index in [1.807, 2.05) is 72.8 Å². The van der Waals surface area contributed by atoms with Crippen molar-refractivity contribution < 1.29 is 8.83 Å². The highest BCUT2D eigenvalue weighted by molar-refractivity contribution is 6.14. The van der Waals surface area contributed by atoms with Gasteiger partial charge in [0.2, 0.25) is 0 Å². The molecule has 48 heavy (non-hydrogen) atoms. The number of hydrogen-bond donors (Lipinski definition) is 0. The van der Waals surface area contributed by atoms with Crippen LogP contribution >= 0.6 is 0 Å². The lowest BCUT2D eigenvalue weighted by Gasteiger charge is -2.11. The van der Waals surface area contributed by atoms with Gasteiger partial charge in [0.05, 0.1) is 5.39 Å². The first-order valence-electron chi connectivity index (χ1n) is 15.8. The Balaban J connectivity index is 1.27. The van der Waals surface area contributed by atoms with Gasteiger partial charge in [0, 0.05) is 39.2 Å². The Morgan fingerprint density at radius 2 is 1.17 bits per heavy atom. The van der Waals surface area contributed by atoms with Crippen molar-refractivity contribution in [3.8, 4) is 45.3 Å². The summed E-state index contributed by atoms with van der Waals surface area (Å²) >= 11 is 0. The van der Waals surface area contributed by atoms with Gasteiger partial charge in [-0.15, -0.1) is 0 Å². The van der Waals surface area contributed by atoms with E-state index in [0.717, 1.165) is 71.4 Å². The summed E-state index contributed by atoms with van der Waals surface area (Å²) in [6, 6.07) is 47.0. The second-order valence-corrected chi connectivity index (χ2v) is 11.9. The molecule has 0 unspecified atom stereocenters. The maximum Gasteiger partial charge on any atom is 0.164 e. The second-order valence-electron chi connectivity index (χ2n) is 11.9. The van der Waals surface area contributed by atoms with Gasteiger partial charge in [-0.1, -0.05) is 103 Å². The number of rotatable bonds is 4. The number of nitrogens with zero attached hydrogens (tertiary/aromatic N) is 4. The van der Waals surface area contributed by atoms with Crippen LogP contribution in [-0.4, -0.2) is 19.9 Å². The van der Waals surface area contributed by atoms with Crippen LogP contribution in [0.2, 0.25) is 0 Å². The van der Waals surface area contributed by atoms with Gasteiger partial charge in [0.1, 0.15) is 22.3 Å². The first-order chi connectivity index (χ1) is 23.8. The van der Waals surface area contributed by atoms with Crippen molar-refractivity contribution in [1.82, 2.24) is 19.9 Å². The third kappa shape index (κ3) is 4.20. The summed E-state index contributed by atoms with van der Waals surface area (Å²) in [5, 5.41) is 5.26. The van der Waals surface area contributed by atoms with E-state index in [-0.39, 0.29) is 0 Å². The second kappa shape index (κ2) is 10.4. The number of hydrogen-bond acceptors (Lipinski definition) is 6. The third-order valence-corrected chi connectivity index (χ3v) is 8.96. The molecule has 6 heteroatoms. The van der Waals surface area contributed by atoms with Crippen molar-refractivity contribution in [2.45, 2.75) is 0 Å². The maximum absolute atomic E-state index is 6.46. The van der Waals surface area contributed by atoms with Crippen LogP contribution < -0.4 is 0 Å². The van der Waals surface area contributed by atoms with Crippen LogP contribution in [0.25, 0.3) is 100 Å². The van der Waals surface area contributed by atoms with Crippen LogP contribution in [0.4, 0.5) is 0 Å². The average molecular weight is 617 g/mol. The number of benzene rings is 6. The highest BCUT2D eigenvalue weighted by atomic mass is 16.3. The van der Waals surface area contributed by atoms with Crippen molar-refractivity contribution in [2.75, 3.05) is 0 Å². The molecule has 6 aromatic carbocycles. The lowest BCUT2D eigenvalue weighted by atomic mass is 9.97. The highest BCUT2D eigenvalue weighted by Crippen LogP contribution is 2.42. The average Bonchev–Trinajstić information content (AvgIpc) is 3.73. The first kappa shape index (κ1) is 26.5. The monoisotopic (exact) mass is 616 g/mol. The minimum atomic E-state index is 0.531. The molecule has 0 aliphatic carbocycles. The lowest BCUT2D eigenvalue weighted by molar-refractivity contribution is 0.667. The topological polar surface area (TPSA) is 77.8 Å². The molecule has 0 fully saturated rings. The molecule has 4 heterocycles. The standard InChI is InChI=1S/C42H24N4O2/c1-2-11-26(12-3-1)40-44-41(28-20-19-25-10-4-5-13-27(25)22-28)46-42(45-40)33-23-29(24-36-37(33)38-35(47-36)18-9-21-43-38)30-15-8-16-32-31-14-6-7-17-34(31)48-39(30)32/h1-24H. The van der Waals surface area contributed by atoms with E-state index >= 15 is 0 Å². The number of furan rings is 2. The minimum absolute atomic E-state index is 0.531. The highest BCUT2D eigenvalue weighted by Gasteiger charge is 2.22. The third-order valence-electron chi connectivity index (χ3n) is 8.96. The van der Waals surface area contributed by atoms with E-state index in [4.69, 9.17) is 28.8 Å². The molecule has 6 nitrogen and oxygen atoms in total. The van der Waals surface area contributed by atoms with Crippen molar-refractivity contribution in [1.29, 1.82) is 0 Å². The zero-order valence-electron chi connectivity index (χ0n) is 25.5. The molecule has 0 spiro atoms. The molecule has 0 bridgehead atoms. The Morgan fingerprint density at radius 3 is 2.08 bits per heavy atom. The van der Waals surface area contributed by atoms with Crippen molar-refractivity contribution in [3.63, 3.8) is 0 Å². The normalized spacial score (nSPS) is 11.8. The van der Waals surface area contributed by atoms with Crippen LogP contribution in [0, 0.1) is 0 Å². The molecule has 0 saturated carbocycles. The number of pyridine rings is 1. The molecule has 0 atom stereocenters. The van der Waals surface area contributed by atoms with E-state index in [0.29, 0.717) is 28.6 Å². The molecule has 0 aliphatic heterocycles. The molecule has 0 aliphatic rings. The molecule has 0 saturated heterocycles. The Hall–Kier alpha value is -6.66. The molecular weight excluding hydrogens is 592 g/mol.